The lowest BCUT2D eigenvalue weighted by Crippen LogP contribution is -2.38. The number of sulfonamides is 1. The second-order valence-electron chi connectivity index (χ2n) is 6.18. The van der Waals surface area contributed by atoms with Crippen LogP contribution in [0.15, 0.2) is 58.7 Å². The molecule has 2 atom stereocenters. The zero-order chi connectivity index (χ0) is 16.7. The quantitative estimate of drug-likeness (QED) is 0.893. The van der Waals surface area contributed by atoms with E-state index < -0.39 is 10.0 Å². The number of nitrogens with zero attached hydrogens (tertiary/aromatic N) is 2. The number of fused-ring (bicyclic) bond motifs is 1. The molecule has 0 radical (unpaired) electrons. The van der Waals surface area contributed by atoms with Crippen LogP contribution in [0.5, 0.6) is 0 Å². The number of nitrogens with one attached hydrogen (secondary N) is 1. The van der Waals surface area contributed by atoms with E-state index in [0.29, 0.717) is 23.9 Å². The van der Waals surface area contributed by atoms with Gasteiger partial charge in [0.2, 0.25) is 0 Å². The van der Waals surface area contributed by atoms with Gasteiger partial charge in [0, 0.05) is 24.7 Å². The second kappa shape index (κ2) is 5.59. The molecule has 124 valence electrons. The van der Waals surface area contributed by atoms with E-state index in [4.69, 9.17) is 0 Å². The summed E-state index contributed by atoms with van der Waals surface area (Å²) in [4.78, 5) is 14.1. The molecule has 24 heavy (non-hydrogen) atoms. The number of amidine groups is 1. The van der Waals surface area contributed by atoms with Gasteiger partial charge in [-0.3, -0.25) is 4.79 Å². The monoisotopic (exact) mass is 343 g/mol. The summed E-state index contributed by atoms with van der Waals surface area (Å²) in [7, 11) is -3.37. The van der Waals surface area contributed by atoms with Gasteiger partial charge < -0.3 is 10.2 Å². The van der Waals surface area contributed by atoms with E-state index in [1.807, 2.05) is 18.2 Å². The van der Waals surface area contributed by atoms with Crippen molar-refractivity contribution in [3.63, 3.8) is 0 Å². The van der Waals surface area contributed by atoms with Crippen LogP contribution in [0.1, 0.15) is 17.9 Å². The van der Waals surface area contributed by atoms with Gasteiger partial charge in [-0.05, 0) is 24.1 Å². The van der Waals surface area contributed by atoms with Crippen LogP contribution in [0.3, 0.4) is 0 Å². The SMILES string of the molecule is O=C(N[C@@H]1C[C@@H]1c1ccccc1)C1=CN2CCS(=O)(=O)N=C2C=C1. The largest absolute Gasteiger partial charge is 0.349 e. The van der Waals surface area contributed by atoms with Crippen LogP contribution in [0.2, 0.25) is 0 Å². The Balaban J connectivity index is 1.42. The summed E-state index contributed by atoms with van der Waals surface area (Å²) in [5.74, 6) is 0.572. The fourth-order valence-electron chi connectivity index (χ4n) is 3.01. The third-order valence-electron chi connectivity index (χ3n) is 4.42. The fourth-order valence-corrected chi connectivity index (χ4v) is 3.98. The normalized spacial score (nSPS) is 26.9. The summed E-state index contributed by atoms with van der Waals surface area (Å²) in [6.07, 6.45) is 5.81. The van der Waals surface area contributed by atoms with E-state index >= 15 is 0 Å². The lowest BCUT2D eigenvalue weighted by Gasteiger charge is -2.27. The topological polar surface area (TPSA) is 78.8 Å². The number of amides is 1. The molecule has 7 heteroatoms. The minimum absolute atomic E-state index is 0.0333. The number of carbonyl (C=O) groups is 1. The van der Waals surface area contributed by atoms with Crippen molar-refractivity contribution in [1.29, 1.82) is 0 Å². The number of carbonyl (C=O) groups excluding carboxylic acids is 1. The Morgan fingerprint density at radius 1 is 1.21 bits per heavy atom. The first-order chi connectivity index (χ1) is 11.5. The lowest BCUT2D eigenvalue weighted by atomic mass is 10.1. The van der Waals surface area contributed by atoms with Gasteiger partial charge in [0.1, 0.15) is 5.84 Å². The first-order valence-corrected chi connectivity index (χ1v) is 9.48. The van der Waals surface area contributed by atoms with Crippen molar-refractivity contribution in [1.82, 2.24) is 10.2 Å². The van der Waals surface area contributed by atoms with Crippen LogP contribution in [0.4, 0.5) is 0 Å². The Labute approximate surface area is 140 Å². The van der Waals surface area contributed by atoms with E-state index in [1.54, 1.807) is 23.3 Å². The predicted octanol–water partition coefficient (Wildman–Crippen LogP) is 1.16. The summed E-state index contributed by atoms with van der Waals surface area (Å²) >= 11 is 0. The van der Waals surface area contributed by atoms with Crippen molar-refractivity contribution < 1.29 is 13.2 Å². The molecule has 4 rings (SSSR count). The first-order valence-electron chi connectivity index (χ1n) is 7.87. The lowest BCUT2D eigenvalue weighted by molar-refractivity contribution is -0.117. The van der Waals surface area contributed by atoms with Crippen LogP contribution in [0, 0.1) is 0 Å². The van der Waals surface area contributed by atoms with E-state index in [-0.39, 0.29) is 17.7 Å². The number of rotatable bonds is 3. The van der Waals surface area contributed by atoms with Gasteiger partial charge in [0.05, 0.1) is 11.3 Å². The third-order valence-corrected chi connectivity index (χ3v) is 5.58. The van der Waals surface area contributed by atoms with Crippen LogP contribution >= 0.6 is 0 Å². The fraction of sp³-hybridized carbons (Fsp3) is 0.294. The summed E-state index contributed by atoms with van der Waals surface area (Å²) in [6, 6.07) is 10.3. The average Bonchev–Trinajstić information content (AvgIpc) is 3.33. The molecule has 3 aliphatic rings. The molecule has 1 aromatic rings. The summed E-state index contributed by atoms with van der Waals surface area (Å²) < 4.78 is 26.7. The molecule has 2 heterocycles. The van der Waals surface area contributed by atoms with E-state index in [0.717, 1.165) is 6.42 Å². The molecule has 0 aromatic heterocycles. The van der Waals surface area contributed by atoms with E-state index in [2.05, 4.69) is 21.8 Å². The van der Waals surface area contributed by atoms with Gasteiger partial charge in [0.25, 0.3) is 15.9 Å². The highest BCUT2D eigenvalue weighted by Crippen LogP contribution is 2.40. The zero-order valence-corrected chi connectivity index (χ0v) is 13.7. The van der Waals surface area contributed by atoms with Crippen molar-refractivity contribution in [3.8, 4) is 0 Å². The molecular formula is C17H17N3O3S. The number of hydrogen-bond acceptors (Lipinski definition) is 4. The second-order valence-corrected chi connectivity index (χ2v) is 7.93. The van der Waals surface area contributed by atoms with Crippen molar-refractivity contribution in [2.45, 2.75) is 18.4 Å². The maximum absolute atomic E-state index is 12.4. The summed E-state index contributed by atoms with van der Waals surface area (Å²) in [5, 5.41) is 3.04. The van der Waals surface area contributed by atoms with Crippen LogP contribution in [0.25, 0.3) is 0 Å². The molecule has 0 unspecified atom stereocenters. The van der Waals surface area contributed by atoms with Crippen LogP contribution in [-0.2, 0) is 14.8 Å². The van der Waals surface area contributed by atoms with Crippen molar-refractivity contribution in [2.75, 3.05) is 12.3 Å². The van der Waals surface area contributed by atoms with Crippen molar-refractivity contribution in [3.05, 3.63) is 59.8 Å². The summed E-state index contributed by atoms with van der Waals surface area (Å²) in [6.45, 7) is 0.318. The maximum atomic E-state index is 12.4. The van der Waals surface area contributed by atoms with E-state index in [9.17, 15) is 13.2 Å². The Morgan fingerprint density at radius 2 is 2.00 bits per heavy atom. The van der Waals surface area contributed by atoms with Gasteiger partial charge in [-0.1, -0.05) is 30.3 Å². The Morgan fingerprint density at radius 3 is 2.79 bits per heavy atom. The molecule has 1 amide bonds. The Kier molecular flexibility index (Phi) is 3.53. The molecule has 1 aliphatic carbocycles. The van der Waals surface area contributed by atoms with Crippen LogP contribution < -0.4 is 5.32 Å². The molecule has 0 saturated heterocycles. The molecule has 1 fully saturated rings. The number of hydrogen-bond donors (Lipinski definition) is 1. The molecule has 1 saturated carbocycles. The third kappa shape index (κ3) is 2.99. The highest BCUT2D eigenvalue weighted by Gasteiger charge is 2.39. The van der Waals surface area contributed by atoms with Gasteiger partial charge >= 0.3 is 0 Å². The smallest absolute Gasteiger partial charge is 0.256 e. The molecule has 6 nitrogen and oxygen atoms in total. The minimum atomic E-state index is -3.37. The van der Waals surface area contributed by atoms with Crippen LogP contribution in [-0.4, -0.2) is 43.4 Å². The molecule has 1 N–H and O–H groups in total. The molecule has 0 bridgehead atoms. The van der Waals surface area contributed by atoms with Gasteiger partial charge in [-0.2, -0.15) is 0 Å². The number of benzene rings is 1. The first kappa shape index (κ1) is 15.1. The molecular weight excluding hydrogens is 326 g/mol. The van der Waals surface area contributed by atoms with Crippen molar-refractivity contribution >= 4 is 21.8 Å². The predicted molar refractivity (Wildman–Crippen MR) is 90.9 cm³/mol. The molecule has 1 aromatic carbocycles. The van der Waals surface area contributed by atoms with Gasteiger partial charge in [0.15, 0.2) is 0 Å². The summed E-state index contributed by atoms with van der Waals surface area (Å²) in [5.41, 5.74) is 1.76. The zero-order valence-electron chi connectivity index (χ0n) is 12.9. The Bertz CT molecular complexity index is 872. The van der Waals surface area contributed by atoms with Crippen molar-refractivity contribution in [2.24, 2.45) is 4.40 Å². The van der Waals surface area contributed by atoms with E-state index in [1.165, 1.54) is 5.56 Å². The van der Waals surface area contributed by atoms with Gasteiger partial charge in [-0.25, -0.2) is 8.42 Å². The minimum Gasteiger partial charge on any atom is -0.349 e. The molecule has 0 spiro atoms. The highest BCUT2D eigenvalue weighted by molar-refractivity contribution is 7.90. The maximum Gasteiger partial charge on any atom is 0.256 e. The average molecular weight is 343 g/mol. The van der Waals surface area contributed by atoms with Gasteiger partial charge in [-0.15, -0.1) is 4.40 Å². The standard InChI is InChI=1S/C17H17N3O3S/c21-17(18-15-10-14(15)12-4-2-1-3-5-12)13-6-7-16-19-24(22,23)9-8-20(16)11-13/h1-7,11,14-15H,8-10H2,(H,18,21)/t14-,15-/m1/s1. The molecule has 2 aliphatic heterocycles. The highest BCUT2D eigenvalue weighted by atomic mass is 32.2. The Hall–Kier alpha value is -2.41.